The number of hydrogen-bond acceptors (Lipinski definition) is 4. The van der Waals surface area contributed by atoms with Gasteiger partial charge in [0.2, 0.25) is 0 Å². The quantitative estimate of drug-likeness (QED) is 0.866. The average Bonchev–Trinajstić information content (AvgIpc) is 2.69. The van der Waals surface area contributed by atoms with Gasteiger partial charge in [-0.3, -0.25) is 18.6 Å². The molecule has 2 rings (SSSR count). The molecule has 7 nitrogen and oxygen atoms in total. The van der Waals surface area contributed by atoms with Gasteiger partial charge in [0.1, 0.15) is 11.2 Å². The second-order valence-corrected chi connectivity index (χ2v) is 4.28. The summed E-state index contributed by atoms with van der Waals surface area (Å²) in [6.07, 6.45) is 0. The molecule has 0 aliphatic heterocycles. The molecule has 2 aromatic heterocycles. The van der Waals surface area contributed by atoms with Gasteiger partial charge in [-0.1, -0.05) is 0 Å². The molecule has 1 N–H and O–H groups in total. The smallest absolute Gasteiger partial charge is 0.332 e. The number of aryl methyl sites for hydroxylation is 2. The van der Waals surface area contributed by atoms with Crippen LogP contribution in [0.15, 0.2) is 9.59 Å². The Morgan fingerprint density at radius 2 is 1.74 bits per heavy atom. The van der Waals surface area contributed by atoms with E-state index < -0.39 is 0 Å². The second-order valence-electron chi connectivity index (χ2n) is 4.28. The zero-order valence-corrected chi connectivity index (χ0v) is 11.7. The summed E-state index contributed by atoms with van der Waals surface area (Å²) in [4.78, 5) is 24.6. The van der Waals surface area contributed by atoms with Crippen molar-refractivity contribution in [1.82, 2.24) is 18.9 Å². The summed E-state index contributed by atoms with van der Waals surface area (Å²) in [7, 11) is 1.76. The Bertz CT molecular complexity index is 722. The summed E-state index contributed by atoms with van der Waals surface area (Å²) in [5.41, 5.74) is -0.138. The van der Waals surface area contributed by atoms with E-state index in [1.807, 2.05) is 13.8 Å². The monoisotopic (exact) mass is 265 g/mol. The van der Waals surface area contributed by atoms with Gasteiger partial charge in [-0.2, -0.15) is 5.10 Å². The lowest BCUT2D eigenvalue weighted by atomic mass is 10.3. The van der Waals surface area contributed by atoms with E-state index in [1.54, 1.807) is 18.7 Å². The molecule has 2 heterocycles. The summed E-state index contributed by atoms with van der Waals surface area (Å²) >= 11 is 0. The van der Waals surface area contributed by atoms with E-state index >= 15 is 0 Å². The summed E-state index contributed by atoms with van der Waals surface area (Å²) in [5.74, 6) is 0.659. The number of anilines is 1. The second kappa shape index (κ2) is 4.91. The van der Waals surface area contributed by atoms with Crippen LogP contribution in [-0.4, -0.2) is 25.5 Å². The number of aromatic nitrogens is 4. The molecule has 0 atom stereocenters. The highest BCUT2D eigenvalue weighted by atomic mass is 16.2. The minimum Gasteiger partial charge on any atom is -0.370 e. The highest BCUT2D eigenvalue weighted by Gasteiger charge is 2.19. The molecule has 0 saturated heterocycles. The lowest BCUT2D eigenvalue weighted by Crippen LogP contribution is -2.39. The highest BCUT2D eigenvalue weighted by molar-refractivity contribution is 5.86. The van der Waals surface area contributed by atoms with Crippen LogP contribution < -0.4 is 16.6 Å². The number of fused-ring (bicyclic) bond motifs is 1. The van der Waals surface area contributed by atoms with Crippen LogP contribution in [0.2, 0.25) is 0 Å². The van der Waals surface area contributed by atoms with E-state index in [0.29, 0.717) is 36.5 Å². The molecule has 0 fully saturated rings. The zero-order valence-electron chi connectivity index (χ0n) is 11.7. The minimum atomic E-state index is -0.302. The van der Waals surface area contributed by atoms with Crippen molar-refractivity contribution in [3.05, 3.63) is 20.8 Å². The van der Waals surface area contributed by atoms with Crippen LogP contribution in [0.25, 0.3) is 11.0 Å². The van der Waals surface area contributed by atoms with Crippen LogP contribution in [0.1, 0.15) is 20.8 Å². The van der Waals surface area contributed by atoms with Crippen molar-refractivity contribution in [2.45, 2.75) is 33.9 Å². The third kappa shape index (κ3) is 1.85. The van der Waals surface area contributed by atoms with Crippen LogP contribution in [0.3, 0.4) is 0 Å². The Labute approximate surface area is 110 Å². The van der Waals surface area contributed by atoms with Gasteiger partial charge >= 0.3 is 5.69 Å². The average molecular weight is 265 g/mol. The van der Waals surface area contributed by atoms with Gasteiger partial charge in [0.25, 0.3) is 5.56 Å². The fraction of sp³-hybridized carbons (Fsp3) is 0.583. The SMILES string of the molecule is CCNc1c2c(=O)n(CC)c(=O)n(CC)c2nn1C. The van der Waals surface area contributed by atoms with Crippen LogP contribution >= 0.6 is 0 Å². The highest BCUT2D eigenvalue weighted by Crippen LogP contribution is 2.17. The lowest BCUT2D eigenvalue weighted by Gasteiger charge is -2.08. The van der Waals surface area contributed by atoms with E-state index in [0.717, 1.165) is 0 Å². The topological polar surface area (TPSA) is 73.8 Å². The first kappa shape index (κ1) is 13.4. The third-order valence-electron chi connectivity index (χ3n) is 3.18. The maximum atomic E-state index is 12.4. The van der Waals surface area contributed by atoms with Gasteiger partial charge in [-0.15, -0.1) is 0 Å². The van der Waals surface area contributed by atoms with Crippen molar-refractivity contribution < 1.29 is 0 Å². The molecule has 0 aliphatic rings. The lowest BCUT2D eigenvalue weighted by molar-refractivity contribution is 0.603. The predicted molar refractivity (Wildman–Crippen MR) is 74.7 cm³/mol. The molecule has 104 valence electrons. The van der Waals surface area contributed by atoms with Gasteiger partial charge in [-0.25, -0.2) is 4.79 Å². The summed E-state index contributed by atoms with van der Waals surface area (Å²) in [6, 6.07) is 0. The van der Waals surface area contributed by atoms with Crippen molar-refractivity contribution in [3.63, 3.8) is 0 Å². The van der Waals surface area contributed by atoms with Crippen molar-refractivity contribution in [3.8, 4) is 0 Å². The molecule has 0 spiro atoms. The summed E-state index contributed by atoms with van der Waals surface area (Å²) in [6.45, 7) is 7.13. The van der Waals surface area contributed by atoms with Crippen LogP contribution in [0, 0.1) is 0 Å². The van der Waals surface area contributed by atoms with E-state index in [2.05, 4.69) is 10.4 Å². The Balaban J connectivity index is 3.00. The molecule has 0 aliphatic carbocycles. The molecular formula is C12H19N5O2. The molecule has 7 heteroatoms. The molecule has 0 unspecified atom stereocenters. The fourth-order valence-electron chi connectivity index (χ4n) is 2.29. The Hall–Kier alpha value is -2.05. The van der Waals surface area contributed by atoms with Gasteiger partial charge < -0.3 is 5.32 Å². The van der Waals surface area contributed by atoms with Crippen molar-refractivity contribution in [1.29, 1.82) is 0 Å². The molecule has 0 aromatic carbocycles. The Morgan fingerprint density at radius 1 is 1.11 bits per heavy atom. The van der Waals surface area contributed by atoms with E-state index in [4.69, 9.17) is 0 Å². The third-order valence-corrected chi connectivity index (χ3v) is 3.18. The number of nitrogens with one attached hydrogen (secondary N) is 1. The van der Waals surface area contributed by atoms with Crippen LogP contribution in [-0.2, 0) is 20.1 Å². The normalized spacial score (nSPS) is 11.2. The first-order valence-corrected chi connectivity index (χ1v) is 6.50. The number of hydrogen-bond donors (Lipinski definition) is 1. The fourth-order valence-corrected chi connectivity index (χ4v) is 2.29. The summed E-state index contributed by atoms with van der Waals surface area (Å²) < 4.78 is 4.39. The van der Waals surface area contributed by atoms with Gasteiger partial charge in [0, 0.05) is 26.7 Å². The summed E-state index contributed by atoms with van der Waals surface area (Å²) in [5, 5.41) is 7.92. The van der Waals surface area contributed by atoms with Crippen molar-refractivity contribution in [2.24, 2.45) is 7.05 Å². The molecule has 0 radical (unpaired) electrons. The van der Waals surface area contributed by atoms with Crippen LogP contribution in [0.4, 0.5) is 5.82 Å². The Kier molecular flexibility index (Phi) is 3.46. The predicted octanol–water partition coefficient (Wildman–Crippen LogP) is 0.368. The van der Waals surface area contributed by atoms with Crippen molar-refractivity contribution in [2.75, 3.05) is 11.9 Å². The molecule has 0 bridgehead atoms. The molecule has 2 aromatic rings. The largest absolute Gasteiger partial charge is 0.370 e. The molecule has 0 amide bonds. The standard InChI is InChI=1S/C12H19N5O2/c1-5-13-9-8-10(14-15(9)4)16(6-2)12(19)17(7-3)11(8)18/h13H,5-7H2,1-4H3. The van der Waals surface area contributed by atoms with E-state index in [1.165, 1.54) is 9.13 Å². The van der Waals surface area contributed by atoms with E-state index in [9.17, 15) is 9.59 Å². The number of rotatable bonds is 4. The molecule has 19 heavy (non-hydrogen) atoms. The van der Waals surface area contributed by atoms with Gasteiger partial charge in [0.05, 0.1) is 0 Å². The van der Waals surface area contributed by atoms with Gasteiger partial charge in [-0.05, 0) is 20.8 Å². The van der Waals surface area contributed by atoms with Gasteiger partial charge in [0.15, 0.2) is 5.65 Å². The number of nitrogens with zero attached hydrogens (tertiary/aromatic N) is 4. The Morgan fingerprint density at radius 3 is 2.26 bits per heavy atom. The van der Waals surface area contributed by atoms with Crippen LogP contribution in [0.5, 0.6) is 0 Å². The first-order chi connectivity index (χ1) is 9.06. The maximum absolute atomic E-state index is 12.4. The maximum Gasteiger partial charge on any atom is 0.332 e. The van der Waals surface area contributed by atoms with E-state index in [-0.39, 0.29) is 11.2 Å². The molecule has 0 saturated carbocycles. The zero-order chi connectivity index (χ0) is 14.2. The first-order valence-electron chi connectivity index (χ1n) is 6.50. The minimum absolute atomic E-state index is 0.281. The van der Waals surface area contributed by atoms with Crippen molar-refractivity contribution >= 4 is 16.9 Å². The molecular weight excluding hydrogens is 246 g/mol.